The molecule has 152 valence electrons. The molecule has 0 unspecified atom stereocenters. The summed E-state index contributed by atoms with van der Waals surface area (Å²) in [4.78, 5) is 7.38. The van der Waals surface area contributed by atoms with Crippen LogP contribution < -0.4 is 5.32 Å². The van der Waals surface area contributed by atoms with E-state index >= 15 is 0 Å². The van der Waals surface area contributed by atoms with E-state index in [0.29, 0.717) is 5.41 Å². The summed E-state index contributed by atoms with van der Waals surface area (Å²) in [6.45, 7) is 10.7. The fourth-order valence-corrected chi connectivity index (χ4v) is 4.27. The Labute approximate surface area is 160 Å². The molecule has 0 atom stereocenters. The van der Waals surface area contributed by atoms with Crippen molar-refractivity contribution in [3.63, 3.8) is 0 Å². The van der Waals surface area contributed by atoms with Crippen LogP contribution in [0.15, 0.2) is 4.99 Å². The maximum Gasteiger partial charge on any atom is 0.193 e. The molecule has 0 radical (unpaired) electrons. The lowest BCUT2D eigenvalue weighted by atomic mass is 9.83. The lowest BCUT2D eigenvalue weighted by Gasteiger charge is -2.30. The first-order valence-corrected chi connectivity index (χ1v) is 10.8. The van der Waals surface area contributed by atoms with Crippen LogP contribution in [-0.4, -0.2) is 64.0 Å². The predicted molar refractivity (Wildman–Crippen MR) is 109 cm³/mol. The molecule has 5 nitrogen and oxygen atoms in total. The number of rotatable bonds is 10. The van der Waals surface area contributed by atoms with E-state index in [1.54, 1.807) is 0 Å². The van der Waals surface area contributed by atoms with Crippen molar-refractivity contribution < 1.29 is 9.47 Å². The average Bonchev–Trinajstić information content (AvgIpc) is 3.13. The zero-order valence-corrected chi connectivity index (χ0v) is 17.4. The number of hydrogen-bond acceptors (Lipinski definition) is 3. The smallest absolute Gasteiger partial charge is 0.193 e. The number of hydrogen-bond donors (Lipinski definition) is 1. The SMILES string of the molecule is CCNC(=NCC1(CCOCC)CCCC1)N(C)CCC1CCOCC1. The highest BCUT2D eigenvalue weighted by Gasteiger charge is 2.33. The van der Waals surface area contributed by atoms with Crippen LogP contribution in [0.4, 0.5) is 0 Å². The summed E-state index contributed by atoms with van der Waals surface area (Å²) >= 11 is 0. The van der Waals surface area contributed by atoms with E-state index in [1.165, 1.54) is 44.9 Å². The number of nitrogens with one attached hydrogen (secondary N) is 1. The maximum atomic E-state index is 5.64. The van der Waals surface area contributed by atoms with Gasteiger partial charge >= 0.3 is 0 Å². The van der Waals surface area contributed by atoms with Gasteiger partial charge in [0.25, 0.3) is 0 Å². The Morgan fingerprint density at radius 3 is 2.62 bits per heavy atom. The normalized spacial score (nSPS) is 21.1. The molecular weight excluding hydrogens is 326 g/mol. The van der Waals surface area contributed by atoms with Gasteiger partial charge in [0.1, 0.15) is 0 Å². The Morgan fingerprint density at radius 2 is 1.96 bits per heavy atom. The van der Waals surface area contributed by atoms with Crippen LogP contribution in [0.2, 0.25) is 0 Å². The zero-order valence-electron chi connectivity index (χ0n) is 17.4. The minimum absolute atomic E-state index is 0.359. The number of nitrogens with zero attached hydrogens (tertiary/aromatic N) is 2. The molecule has 0 aromatic rings. The third-order valence-electron chi connectivity index (χ3n) is 6.12. The van der Waals surface area contributed by atoms with Crippen molar-refractivity contribution in [1.29, 1.82) is 0 Å². The van der Waals surface area contributed by atoms with E-state index in [-0.39, 0.29) is 0 Å². The van der Waals surface area contributed by atoms with Gasteiger partial charge in [-0.3, -0.25) is 4.99 Å². The quantitative estimate of drug-likeness (QED) is 0.363. The van der Waals surface area contributed by atoms with Crippen LogP contribution in [0.25, 0.3) is 0 Å². The summed E-state index contributed by atoms with van der Waals surface area (Å²) in [6, 6.07) is 0. The minimum atomic E-state index is 0.359. The molecule has 2 rings (SSSR count). The van der Waals surface area contributed by atoms with Crippen LogP contribution in [0.1, 0.15) is 65.2 Å². The molecule has 0 bridgehead atoms. The first-order valence-electron chi connectivity index (χ1n) is 10.8. The summed E-state index contributed by atoms with van der Waals surface area (Å²) in [6.07, 6.45) is 10.1. The van der Waals surface area contributed by atoms with Gasteiger partial charge in [-0.2, -0.15) is 0 Å². The van der Waals surface area contributed by atoms with Gasteiger partial charge in [-0.25, -0.2) is 0 Å². The monoisotopic (exact) mass is 367 g/mol. The van der Waals surface area contributed by atoms with Crippen LogP contribution in [0.5, 0.6) is 0 Å². The summed E-state index contributed by atoms with van der Waals surface area (Å²) < 4.78 is 11.1. The lowest BCUT2D eigenvalue weighted by molar-refractivity contribution is 0.0625. The van der Waals surface area contributed by atoms with E-state index in [1.807, 2.05) is 0 Å². The molecule has 2 fully saturated rings. The third-order valence-corrected chi connectivity index (χ3v) is 6.12. The molecule has 0 amide bonds. The van der Waals surface area contributed by atoms with E-state index in [2.05, 4.69) is 31.1 Å². The molecule has 0 spiro atoms. The minimum Gasteiger partial charge on any atom is -0.382 e. The second-order valence-electron chi connectivity index (χ2n) is 8.09. The van der Waals surface area contributed by atoms with Gasteiger partial charge in [-0.1, -0.05) is 12.8 Å². The average molecular weight is 368 g/mol. The van der Waals surface area contributed by atoms with Crippen molar-refractivity contribution in [1.82, 2.24) is 10.2 Å². The van der Waals surface area contributed by atoms with Crippen molar-refractivity contribution in [3.8, 4) is 0 Å². The molecule has 1 saturated carbocycles. The van der Waals surface area contributed by atoms with Gasteiger partial charge in [0.2, 0.25) is 0 Å². The Hall–Kier alpha value is -0.810. The first kappa shape index (κ1) is 21.5. The largest absolute Gasteiger partial charge is 0.382 e. The Morgan fingerprint density at radius 1 is 1.23 bits per heavy atom. The standard InChI is InChI=1S/C21H41N3O2/c1-4-22-20(24(3)14-8-19-9-15-26-16-10-19)23-18-21(11-6-7-12-21)13-17-25-5-2/h19H,4-18H2,1-3H3,(H,22,23). The number of ether oxygens (including phenoxy) is 2. The van der Waals surface area contributed by atoms with Gasteiger partial charge in [0, 0.05) is 53.1 Å². The molecule has 1 saturated heterocycles. The Balaban J connectivity index is 1.88. The molecule has 0 aromatic heterocycles. The number of guanidine groups is 1. The van der Waals surface area contributed by atoms with E-state index in [9.17, 15) is 0 Å². The molecule has 1 aliphatic carbocycles. The molecular formula is C21H41N3O2. The van der Waals surface area contributed by atoms with Gasteiger partial charge < -0.3 is 19.7 Å². The van der Waals surface area contributed by atoms with Crippen LogP contribution >= 0.6 is 0 Å². The van der Waals surface area contributed by atoms with Crippen molar-refractivity contribution in [2.45, 2.75) is 65.2 Å². The lowest BCUT2D eigenvalue weighted by Crippen LogP contribution is -2.41. The topological polar surface area (TPSA) is 46.1 Å². The third kappa shape index (κ3) is 7.07. The van der Waals surface area contributed by atoms with Crippen molar-refractivity contribution in [3.05, 3.63) is 0 Å². The van der Waals surface area contributed by atoms with Gasteiger partial charge in [0.05, 0.1) is 0 Å². The predicted octanol–water partition coefficient (Wildman–Crippen LogP) is 3.69. The summed E-state index contributed by atoms with van der Waals surface area (Å²) in [7, 11) is 2.18. The van der Waals surface area contributed by atoms with Crippen molar-refractivity contribution in [2.75, 3.05) is 53.1 Å². The molecule has 26 heavy (non-hydrogen) atoms. The second kappa shape index (κ2) is 11.8. The molecule has 1 N–H and O–H groups in total. The van der Waals surface area contributed by atoms with E-state index in [0.717, 1.165) is 64.4 Å². The fraction of sp³-hybridized carbons (Fsp3) is 0.952. The Bertz CT molecular complexity index is 402. The van der Waals surface area contributed by atoms with Crippen molar-refractivity contribution >= 4 is 5.96 Å². The molecule has 5 heteroatoms. The summed E-state index contributed by atoms with van der Waals surface area (Å²) in [5.41, 5.74) is 0.359. The molecule has 1 aliphatic heterocycles. The highest BCUT2D eigenvalue weighted by Crippen LogP contribution is 2.41. The highest BCUT2D eigenvalue weighted by molar-refractivity contribution is 5.79. The molecule has 2 aliphatic rings. The first-order chi connectivity index (χ1) is 12.7. The summed E-state index contributed by atoms with van der Waals surface area (Å²) in [5, 5.41) is 3.50. The summed E-state index contributed by atoms with van der Waals surface area (Å²) in [5.74, 6) is 1.88. The van der Waals surface area contributed by atoms with Crippen LogP contribution in [0.3, 0.4) is 0 Å². The fourth-order valence-electron chi connectivity index (χ4n) is 4.27. The molecule has 1 heterocycles. The van der Waals surface area contributed by atoms with E-state index in [4.69, 9.17) is 14.5 Å². The molecule has 0 aromatic carbocycles. The van der Waals surface area contributed by atoms with Gasteiger partial charge in [0.15, 0.2) is 5.96 Å². The van der Waals surface area contributed by atoms with Crippen LogP contribution in [-0.2, 0) is 9.47 Å². The van der Waals surface area contributed by atoms with Crippen molar-refractivity contribution in [2.24, 2.45) is 16.3 Å². The van der Waals surface area contributed by atoms with Crippen LogP contribution in [0, 0.1) is 11.3 Å². The Kier molecular flexibility index (Phi) is 9.76. The van der Waals surface area contributed by atoms with E-state index < -0.39 is 0 Å². The maximum absolute atomic E-state index is 5.64. The van der Waals surface area contributed by atoms with Gasteiger partial charge in [-0.05, 0) is 63.7 Å². The highest BCUT2D eigenvalue weighted by atomic mass is 16.5. The second-order valence-corrected chi connectivity index (χ2v) is 8.09. The zero-order chi connectivity index (χ0) is 18.7. The van der Waals surface area contributed by atoms with Gasteiger partial charge in [-0.15, -0.1) is 0 Å². The number of aliphatic imine (C=N–C) groups is 1.